The Balaban J connectivity index is 2.40. The van der Waals surface area contributed by atoms with E-state index in [1.54, 1.807) is 0 Å². The van der Waals surface area contributed by atoms with Crippen molar-refractivity contribution < 1.29 is 4.79 Å². The summed E-state index contributed by atoms with van der Waals surface area (Å²) in [6.07, 6.45) is 4.04. The third-order valence-electron chi connectivity index (χ3n) is 2.65. The Bertz CT molecular complexity index is 245. The Kier molecular flexibility index (Phi) is 4.81. The van der Waals surface area contributed by atoms with Gasteiger partial charge in [0.15, 0.2) is 5.11 Å². The van der Waals surface area contributed by atoms with E-state index in [0.717, 1.165) is 38.8 Å². The molecule has 1 aliphatic heterocycles. The average molecular weight is 229 g/mol. The van der Waals surface area contributed by atoms with Crippen LogP contribution in [0.2, 0.25) is 0 Å². The molecule has 15 heavy (non-hydrogen) atoms. The standard InChI is InChI=1S/C10H19N3OS/c1-2-3-6-12-10(15)13-7-4-5-8(13)9(11)14/h8H,2-7H2,1H3,(H2,11,14)(H,12,15). The molecule has 0 aromatic heterocycles. The number of primary amides is 1. The van der Waals surface area contributed by atoms with Crippen LogP contribution in [0.15, 0.2) is 0 Å². The van der Waals surface area contributed by atoms with Crippen LogP contribution in [0, 0.1) is 0 Å². The predicted octanol–water partition coefficient (Wildman–Crippen LogP) is 0.611. The van der Waals surface area contributed by atoms with E-state index in [0.29, 0.717) is 5.11 Å². The van der Waals surface area contributed by atoms with Crippen molar-refractivity contribution in [2.24, 2.45) is 5.73 Å². The number of hydrogen-bond donors (Lipinski definition) is 2. The van der Waals surface area contributed by atoms with Gasteiger partial charge in [-0.1, -0.05) is 13.3 Å². The number of unbranched alkanes of at least 4 members (excludes halogenated alkanes) is 1. The summed E-state index contributed by atoms with van der Waals surface area (Å²) >= 11 is 5.23. The van der Waals surface area contributed by atoms with Crippen molar-refractivity contribution >= 4 is 23.2 Å². The van der Waals surface area contributed by atoms with E-state index in [1.165, 1.54) is 0 Å². The van der Waals surface area contributed by atoms with Gasteiger partial charge in [0.05, 0.1) is 0 Å². The predicted molar refractivity (Wildman–Crippen MR) is 64.4 cm³/mol. The summed E-state index contributed by atoms with van der Waals surface area (Å²) in [6.45, 7) is 3.84. The van der Waals surface area contributed by atoms with E-state index >= 15 is 0 Å². The number of carbonyl (C=O) groups is 1. The molecule has 1 aliphatic rings. The zero-order chi connectivity index (χ0) is 11.3. The third-order valence-corrected chi connectivity index (χ3v) is 3.03. The van der Waals surface area contributed by atoms with Crippen LogP contribution in [-0.2, 0) is 4.79 Å². The largest absolute Gasteiger partial charge is 0.368 e. The Morgan fingerprint density at radius 3 is 3.00 bits per heavy atom. The molecule has 0 aromatic rings. The minimum atomic E-state index is -0.271. The zero-order valence-electron chi connectivity index (χ0n) is 9.16. The molecule has 1 heterocycles. The van der Waals surface area contributed by atoms with E-state index in [-0.39, 0.29) is 11.9 Å². The van der Waals surface area contributed by atoms with Gasteiger partial charge in [-0.15, -0.1) is 0 Å². The number of likely N-dealkylation sites (tertiary alicyclic amines) is 1. The second kappa shape index (κ2) is 5.90. The number of rotatable bonds is 4. The van der Waals surface area contributed by atoms with E-state index < -0.39 is 0 Å². The van der Waals surface area contributed by atoms with Gasteiger partial charge >= 0.3 is 0 Å². The van der Waals surface area contributed by atoms with Crippen LogP contribution in [0.5, 0.6) is 0 Å². The second-order valence-electron chi connectivity index (χ2n) is 3.84. The van der Waals surface area contributed by atoms with Crippen LogP contribution in [0.4, 0.5) is 0 Å². The van der Waals surface area contributed by atoms with Gasteiger partial charge in [0.2, 0.25) is 5.91 Å². The quantitative estimate of drug-likeness (QED) is 0.548. The molecule has 0 bridgehead atoms. The fraction of sp³-hybridized carbons (Fsp3) is 0.800. The van der Waals surface area contributed by atoms with Crippen molar-refractivity contribution in [3.8, 4) is 0 Å². The number of nitrogens with zero attached hydrogens (tertiary/aromatic N) is 1. The van der Waals surface area contributed by atoms with Gasteiger partial charge in [0.25, 0.3) is 0 Å². The summed E-state index contributed by atoms with van der Waals surface area (Å²) in [5.41, 5.74) is 5.31. The van der Waals surface area contributed by atoms with Gasteiger partial charge in [-0.3, -0.25) is 4.79 Å². The molecule has 1 saturated heterocycles. The highest BCUT2D eigenvalue weighted by molar-refractivity contribution is 7.80. The van der Waals surface area contributed by atoms with Gasteiger partial charge in [-0.2, -0.15) is 0 Å². The summed E-state index contributed by atoms with van der Waals surface area (Å²) in [5.74, 6) is -0.271. The van der Waals surface area contributed by atoms with E-state index in [1.807, 2.05) is 4.90 Å². The van der Waals surface area contributed by atoms with Crippen LogP contribution < -0.4 is 11.1 Å². The number of hydrogen-bond acceptors (Lipinski definition) is 2. The summed E-state index contributed by atoms with van der Waals surface area (Å²) < 4.78 is 0. The Labute approximate surface area is 96.2 Å². The minimum absolute atomic E-state index is 0.202. The summed E-state index contributed by atoms with van der Waals surface area (Å²) in [6, 6.07) is -0.202. The molecule has 1 amide bonds. The van der Waals surface area contributed by atoms with Crippen LogP contribution in [0.3, 0.4) is 0 Å². The maximum atomic E-state index is 11.1. The maximum Gasteiger partial charge on any atom is 0.240 e. The van der Waals surface area contributed by atoms with Crippen molar-refractivity contribution in [3.63, 3.8) is 0 Å². The van der Waals surface area contributed by atoms with Gasteiger partial charge in [-0.25, -0.2) is 0 Å². The molecule has 1 fully saturated rings. The molecule has 0 aromatic carbocycles. The first-order chi connectivity index (χ1) is 7.16. The smallest absolute Gasteiger partial charge is 0.240 e. The first-order valence-corrected chi connectivity index (χ1v) is 5.91. The molecule has 3 N–H and O–H groups in total. The molecule has 5 heteroatoms. The van der Waals surface area contributed by atoms with E-state index in [9.17, 15) is 4.79 Å². The van der Waals surface area contributed by atoms with Gasteiger partial charge in [-0.05, 0) is 31.5 Å². The van der Waals surface area contributed by atoms with Crippen molar-refractivity contribution in [2.75, 3.05) is 13.1 Å². The number of thiocarbonyl (C=S) groups is 1. The van der Waals surface area contributed by atoms with E-state index in [4.69, 9.17) is 18.0 Å². The van der Waals surface area contributed by atoms with Gasteiger partial charge < -0.3 is 16.0 Å². The molecular weight excluding hydrogens is 210 g/mol. The van der Waals surface area contributed by atoms with Crippen LogP contribution >= 0.6 is 12.2 Å². The van der Waals surface area contributed by atoms with Crippen molar-refractivity contribution in [3.05, 3.63) is 0 Å². The van der Waals surface area contributed by atoms with Gasteiger partial charge in [0.1, 0.15) is 6.04 Å². The van der Waals surface area contributed by atoms with E-state index in [2.05, 4.69) is 12.2 Å². The zero-order valence-corrected chi connectivity index (χ0v) is 9.98. The van der Waals surface area contributed by atoms with Crippen molar-refractivity contribution in [1.29, 1.82) is 0 Å². The number of nitrogens with two attached hydrogens (primary N) is 1. The number of carbonyl (C=O) groups excluding carboxylic acids is 1. The minimum Gasteiger partial charge on any atom is -0.368 e. The molecule has 4 nitrogen and oxygen atoms in total. The lowest BCUT2D eigenvalue weighted by molar-refractivity contribution is -0.121. The monoisotopic (exact) mass is 229 g/mol. The average Bonchev–Trinajstić information content (AvgIpc) is 2.66. The third kappa shape index (κ3) is 3.34. The maximum absolute atomic E-state index is 11.1. The lowest BCUT2D eigenvalue weighted by Crippen LogP contribution is -2.48. The first kappa shape index (κ1) is 12.2. The molecule has 0 spiro atoms. The van der Waals surface area contributed by atoms with Crippen LogP contribution in [0.1, 0.15) is 32.6 Å². The lowest BCUT2D eigenvalue weighted by Gasteiger charge is -2.25. The topological polar surface area (TPSA) is 58.4 Å². The normalized spacial score (nSPS) is 20.3. The number of amides is 1. The molecule has 86 valence electrons. The molecule has 1 rings (SSSR count). The fourth-order valence-electron chi connectivity index (χ4n) is 1.78. The van der Waals surface area contributed by atoms with Crippen molar-refractivity contribution in [2.45, 2.75) is 38.6 Å². The molecule has 0 saturated carbocycles. The molecule has 1 atom stereocenters. The lowest BCUT2D eigenvalue weighted by atomic mass is 10.2. The Morgan fingerprint density at radius 2 is 2.40 bits per heavy atom. The summed E-state index contributed by atoms with van der Waals surface area (Å²) in [4.78, 5) is 13.0. The summed E-state index contributed by atoms with van der Waals surface area (Å²) in [5, 5.41) is 3.83. The molecular formula is C10H19N3OS. The Hall–Kier alpha value is -0.840. The molecule has 0 radical (unpaired) electrons. The SMILES string of the molecule is CCCCNC(=S)N1CCCC1C(N)=O. The summed E-state index contributed by atoms with van der Waals surface area (Å²) in [7, 11) is 0. The van der Waals surface area contributed by atoms with Crippen LogP contribution in [-0.4, -0.2) is 35.1 Å². The number of nitrogens with one attached hydrogen (secondary N) is 1. The first-order valence-electron chi connectivity index (χ1n) is 5.50. The highest BCUT2D eigenvalue weighted by atomic mass is 32.1. The molecule has 1 unspecified atom stereocenters. The van der Waals surface area contributed by atoms with Crippen LogP contribution in [0.25, 0.3) is 0 Å². The highest BCUT2D eigenvalue weighted by Gasteiger charge is 2.30. The highest BCUT2D eigenvalue weighted by Crippen LogP contribution is 2.16. The van der Waals surface area contributed by atoms with Gasteiger partial charge in [0, 0.05) is 13.1 Å². The fourth-order valence-corrected chi connectivity index (χ4v) is 2.10. The second-order valence-corrected chi connectivity index (χ2v) is 4.23. The Morgan fingerprint density at radius 1 is 1.67 bits per heavy atom. The van der Waals surface area contributed by atoms with Crippen molar-refractivity contribution in [1.82, 2.24) is 10.2 Å². The molecule has 0 aliphatic carbocycles.